The van der Waals surface area contributed by atoms with Crippen molar-refractivity contribution in [2.45, 2.75) is 58.5 Å². The SMILES string of the molecule is Cc1ccc(C)c(-c2cccc([C@@H]3CN(C(=O)OC(C)(C)C)CC[C@@H]3c3ccccc3)c2)c1. The topological polar surface area (TPSA) is 29.5 Å². The molecule has 1 saturated heterocycles. The molecule has 0 spiro atoms. The monoisotopic (exact) mass is 441 g/mol. The minimum Gasteiger partial charge on any atom is -0.444 e. The molecular formula is C30H35NO2. The van der Waals surface area contributed by atoms with Crippen LogP contribution in [0.4, 0.5) is 4.79 Å². The lowest BCUT2D eigenvalue weighted by molar-refractivity contribution is 0.0184. The molecule has 3 nitrogen and oxygen atoms in total. The quantitative estimate of drug-likeness (QED) is 0.422. The van der Waals surface area contributed by atoms with Crippen LogP contribution in [0.15, 0.2) is 72.8 Å². The van der Waals surface area contributed by atoms with Crippen molar-refractivity contribution < 1.29 is 9.53 Å². The van der Waals surface area contributed by atoms with Crippen molar-refractivity contribution in [1.82, 2.24) is 4.90 Å². The zero-order chi connectivity index (χ0) is 23.6. The summed E-state index contributed by atoms with van der Waals surface area (Å²) in [4.78, 5) is 14.8. The molecule has 1 aliphatic rings. The Balaban J connectivity index is 1.70. The first kappa shape index (κ1) is 23.1. The highest BCUT2D eigenvalue weighted by molar-refractivity contribution is 5.70. The number of ether oxygens (including phenoxy) is 1. The van der Waals surface area contributed by atoms with Crippen LogP contribution in [-0.2, 0) is 4.74 Å². The van der Waals surface area contributed by atoms with Crippen molar-refractivity contribution in [3.05, 3.63) is 95.1 Å². The fraction of sp³-hybridized carbons (Fsp3) is 0.367. The highest BCUT2D eigenvalue weighted by Crippen LogP contribution is 2.41. The molecule has 1 amide bonds. The number of nitrogens with zero attached hydrogens (tertiary/aromatic N) is 1. The van der Waals surface area contributed by atoms with Crippen LogP contribution in [-0.4, -0.2) is 29.7 Å². The van der Waals surface area contributed by atoms with E-state index in [1.165, 1.54) is 33.4 Å². The van der Waals surface area contributed by atoms with Crippen LogP contribution >= 0.6 is 0 Å². The zero-order valence-corrected chi connectivity index (χ0v) is 20.5. The van der Waals surface area contributed by atoms with Gasteiger partial charge in [-0.2, -0.15) is 0 Å². The van der Waals surface area contributed by atoms with Gasteiger partial charge in [0, 0.05) is 19.0 Å². The van der Waals surface area contributed by atoms with E-state index in [4.69, 9.17) is 4.74 Å². The van der Waals surface area contributed by atoms with Crippen LogP contribution in [0, 0.1) is 13.8 Å². The van der Waals surface area contributed by atoms with Crippen LogP contribution in [0.3, 0.4) is 0 Å². The first-order chi connectivity index (χ1) is 15.7. The number of carbonyl (C=O) groups excluding carboxylic acids is 1. The van der Waals surface area contributed by atoms with E-state index in [9.17, 15) is 4.79 Å². The standard InChI is InChI=1S/C30H35NO2/c1-21-14-15-22(2)27(18-21)24-12-9-13-25(19-24)28-20-31(29(32)33-30(3,4)5)17-16-26(28)23-10-7-6-8-11-23/h6-15,18-19,26,28H,16-17,20H2,1-5H3/t26-,28+/m1/s1. The maximum atomic E-state index is 12.9. The third-order valence-electron chi connectivity index (χ3n) is 6.51. The normalized spacial score (nSPS) is 18.8. The fourth-order valence-electron chi connectivity index (χ4n) is 4.86. The summed E-state index contributed by atoms with van der Waals surface area (Å²) in [5.74, 6) is 0.567. The van der Waals surface area contributed by atoms with E-state index in [1.54, 1.807) is 0 Å². The number of piperidine rings is 1. The Morgan fingerprint density at radius 2 is 1.61 bits per heavy atom. The Kier molecular flexibility index (Phi) is 6.60. The first-order valence-corrected chi connectivity index (χ1v) is 11.9. The summed E-state index contributed by atoms with van der Waals surface area (Å²) in [6, 6.07) is 26.2. The number of hydrogen-bond donors (Lipinski definition) is 0. The molecule has 3 heteroatoms. The van der Waals surface area contributed by atoms with Crippen LogP contribution in [0.5, 0.6) is 0 Å². The van der Waals surface area contributed by atoms with Gasteiger partial charge in [0.15, 0.2) is 0 Å². The van der Waals surface area contributed by atoms with E-state index < -0.39 is 5.60 Å². The molecule has 33 heavy (non-hydrogen) atoms. The summed E-state index contributed by atoms with van der Waals surface area (Å²) in [7, 11) is 0. The van der Waals surface area contributed by atoms with Crippen molar-refractivity contribution in [3.63, 3.8) is 0 Å². The van der Waals surface area contributed by atoms with Crippen LogP contribution in [0.2, 0.25) is 0 Å². The Labute approximate surface area is 198 Å². The molecule has 0 radical (unpaired) electrons. The molecule has 1 heterocycles. The van der Waals surface area contributed by atoms with E-state index in [0.29, 0.717) is 19.0 Å². The number of amides is 1. The minimum absolute atomic E-state index is 0.207. The van der Waals surface area contributed by atoms with Gasteiger partial charge < -0.3 is 9.64 Å². The Bertz CT molecular complexity index is 1110. The Morgan fingerprint density at radius 3 is 2.33 bits per heavy atom. The molecule has 0 unspecified atom stereocenters. The van der Waals surface area contributed by atoms with Crippen molar-refractivity contribution >= 4 is 6.09 Å². The van der Waals surface area contributed by atoms with Gasteiger partial charge in [-0.1, -0.05) is 78.4 Å². The molecule has 0 bridgehead atoms. The molecule has 0 N–H and O–H groups in total. The van der Waals surface area contributed by atoms with E-state index in [2.05, 4.69) is 86.6 Å². The van der Waals surface area contributed by atoms with Gasteiger partial charge in [-0.05, 0) is 74.8 Å². The molecular weight excluding hydrogens is 406 g/mol. The molecule has 0 aliphatic carbocycles. The summed E-state index contributed by atoms with van der Waals surface area (Å²) in [6.07, 6.45) is 0.700. The molecule has 4 rings (SSSR count). The minimum atomic E-state index is -0.495. The van der Waals surface area contributed by atoms with Crippen LogP contribution in [0.25, 0.3) is 11.1 Å². The number of carbonyl (C=O) groups is 1. The number of rotatable bonds is 3. The number of aryl methyl sites for hydroxylation is 2. The average Bonchev–Trinajstić information content (AvgIpc) is 2.80. The van der Waals surface area contributed by atoms with Gasteiger partial charge in [0.1, 0.15) is 5.60 Å². The third-order valence-corrected chi connectivity index (χ3v) is 6.51. The smallest absolute Gasteiger partial charge is 0.410 e. The second-order valence-corrected chi connectivity index (χ2v) is 10.3. The zero-order valence-electron chi connectivity index (χ0n) is 20.5. The highest BCUT2D eigenvalue weighted by atomic mass is 16.6. The van der Waals surface area contributed by atoms with E-state index in [1.807, 2.05) is 25.7 Å². The van der Waals surface area contributed by atoms with E-state index in [0.717, 1.165) is 6.42 Å². The van der Waals surface area contributed by atoms with Gasteiger partial charge in [0.2, 0.25) is 0 Å². The van der Waals surface area contributed by atoms with Gasteiger partial charge in [0.05, 0.1) is 0 Å². The predicted molar refractivity (Wildman–Crippen MR) is 136 cm³/mol. The second-order valence-electron chi connectivity index (χ2n) is 10.3. The van der Waals surface area contributed by atoms with Gasteiger partial charge in [-0.3, -0.25) is 0 Å². The fourth-order valence-corrected chi connectivity index (χ4v) is 4.86. The molecule has 1 aliphatic heterocycles. The van der Waals surface area contributed by atoms with Crippen LogP contribution in [0.1, 0.15) is 61.3 Å². The second kappa shape index (κ2) is 9.43. The summed E-state index contributed by atoms with van der Waals surface area (Å²) in [5.41, 5.74) is 7.15. The number of hydrogen-bond acceptors (Lipinski definition) is 2. The summed E-state index contributed by atoms with van der Waals surface area (Å²) in [6.45, 7) is 11.4. The lowest BCUT2D eigenvalue weighted by Gasteiger charge is -2.39. The maximum absolute atomic E-state index is 12.9. The molecule has 0 saturated carbocycles. The third kappa shape index (κ3) is 5.47. The number of likely N-dealkylation sites (tertiary alicyclic amines) is 1. The molecule has 3 aromatic carbocycles. The summed E-state index contributed by atoms with van der Waals surface area (Å²) >= 11 is 0. The molecule has 0 aromatic heterocycles. The Morgan fingerprint density at radius 1 is 0.879 bits per heavy atom. The van der Waals surface area contributed by atoms with Crippen molar-refractivity contribution in [2.24, 2.45) is 0 Å². The lowest BCUT2D eigenvalue weighted by Crippen LogP contribution is -2.44. The van der Waals surface area contributed by atoms with Gasteiger partial charge >= 0.3 is 6.09 Å². The highest BCUT2D eigenvalue weighted by Gasteiger charge is 2.35. The molecule has 1 fully saturated rings. The molecule has 172 valence electrons. The van der Waals surface area contributed by atoms with Gasteiger partial charge in [-0.15, -0.1) is 0 Å². The van der Waals surface area contributed by atoms with Gasteiger partial charge in [0.25, 0.3) is 0 Å². The Hall–Kier alpha value is -3.07. The van der Waals surface area contributed by atoms with Crippen molar-refractivity contribution in [2.75, 3.05) is 13.1 Å². The maximum Gasteiger partial charge on any atom is 0.410 e. The van der Waals surface area contributed by atoms with Crippen molar-refractivity contribution in [1.29, 1.82) is 0 Å². The largest absolute Gasteiger partial charge is 0.444 e. The summed E-state index contributed by atoms with van der Waals surface area (Å²) < 4.78 is 5.71. The number of benzene rings is 3. The van der Waals surface area contributed by atoms with Crippen molar-refractivity contribution in [3.8, 4) is 11.1 Å². The van der Waals surface area contributed by atoms with Crippen LogP contribution < -0.4 is 0 Å². The van der Waals surface area contributed by atoms with E-state index in [-0.39, 0.29) is 12.0 Å². The lowest BCUT2D eigenvalue weighted by atomic mass is 9.76. The predicted octanol–water partition coefficient (Wildman–Crippen LogP) is 7.48. The van der Waals surface area contributed by atoms with E-state index >= 15 is 0 Å². The molecule has 2 atom stereocenters. The first-order valence-electron chi connectivity index (χ1n) is 11.9. The van der Waals surface area contributed by atoms with Gasteiger partial charge in [-0.25, -0.2) is 4.79 Å². The molecule has 3 aromatic rings. The average molecular weight is 442 g/mol. The summed E-state index contributed by atoms with van der Waals surface area (Å²) in [5, 5.41) is 0.